The molecule has 1 aliphatic heterocycles. The van der Waals surface area contributed by atoms with E-state index >= 15 is 0 Å². The van der Waals surface area contributed by atoms with Gasteiger partial charge in [0.15, 0.2) is 0 Å². The van der Waals surface area contributed by atoms with Crippen LogP contribution in [0.3, 0.4) is 0 Å². The van der Waals surface area contributed by atoms with Gasteiger partial charge in [0.1, 0.15) is 6.10 Å². The lowest BCUT2D eigenvalue weighted by Crippen LogP contribution is -2.34. The number of aliphatic hydroxyl groups is 1. The molecule has 0 radical (unpaired) electrons. The van der Waals surface area contributed by atoms with Crippen LogP contribution < -0.4 is 0 Å². The number of hydrogen-bond acceptors (Lipinski definition) is 3. The Morgan fingerprint density at radius 2 is 2.33 bits per heavy atom. The summed E-state index contributed by atoms with van der Waals surface area (Å²) in [6, 6.07) is 0. The Morgan fingerprint density at radius 1 is 1.67 bits per heavy atom. The van der Waals surface area contributed by atoms with Crippen LogP contribution in [0.4, 0.5) is 0 Å². The number of hydrogen-bond donors (Lipinski definition) is 1. The zero-order valence-electron chi connectivity index (χ0n) is 7.88. The van der Waals surface area contributed by atoms with Crippen molar-refractivity contribution in [2.45, 2.75) is 38.4 Å². The molecule has 1 N–H and O–H groups in total. The topological polar surface area (TPSA) is 42.0 Å². The van der Waals surface area contributed by atoms with Gasteiger partial charge in [0.25, 0.3) is 0 Å². The molecule has 3 heteroatoms. The van der Waals surface area contributed by atoms with E-state index in [4.69, 9.17) is 14.6 Å². The monoisotopic (exact) mass is 174 g/mol. The van der Waals surface area contributed by atoms with E-state index in [1.807, 2.05) is 6.92 Å². The van der Waals surface area contributed by atoms with Gasteiger partial charge in [0.05, 0.1) is 25.4 Å². The van der Waals surface area contributed by atoms with Crippen LogP contribution in [0.25, 0.3) is 0 Å². The average Bonchev–Trinajstić information content (AvgIpc) is 2.85. The quantitative estimate of drug-likeness (QED) is 0.610. The van der Waals surface area contributed by atoms with Crippen molar-refractivity contribution in [3.8, 4) is 0 Å². The van der Waals surface area contributed by atoms with Crippen molar-refractivity contribution < 1.29 is 14.6 Å². The predicted molar refractivity (Wildman–Crippen MR) is 46.1 cm³/mol. The molecule has 0 aromatic carbocycles. The minimum atomic E-state index is -0.360. The number of epoxide rings is 1. The molecule has 2 atom stereocenters. The fourth-order valence-corrected chi connectivity index (χ4v) is 1.18. The van der Waals surface area contributed by atoms with E-state index < -0.39 is 0 Å². The average molecular weight is 174 g/mol. The Balaban J connectivity index is 2.20. The molecular formula is C9H18O3. The van der Waals surface area contributed by atoms with E-state index in [9.17, 15) is 0 Å². The molecule has 0 bridgehead atoms. The summed E-state index contributed by atoms with van der Waals surface area (Å²) in [6.45, 7) is 5.56. The van der Waals surface area contributed by atoms with Gasteiger partial charge in [-0.1, -0.05) is 13.3 Å². The van der Waals surface area contributed by atoms with Crippen LogP contribution in [0.1, 0.15) is 26.7 Å². The SMILES string of the molecule is CCCC(C)(CO)OCC1CO1. The fourth-order valence-electron chi connectivity index (χ4n) is 1.18. The van der Waals surface area contributed by atoms with Crippen LogP contribution in [0.2, 0.25) is 0 Å². The molecule has 0 aromatic heterocycles. The lowest BCUT2D eigenvalue weighted by Gasteiger charge is -2.26. The lowest BCUT2D eigenvalue weighted by molar-refractivity contribution is -0.0765. The number of aliphatic hydroxyl groups excluding tert-OH is 1. The number of ether oxygens (including phenoxy) is 2. The summed E-state index contributed by atoms with van der Waals surface area (Å²) in [5, 5.41) is 9.08. The van der Waals surface area contributed by atoms with E-state index in [-0.39, 0.29) is 18.3 Å². The van der Waals surface area contributed by atoms with Crippen molar-refractivity contribution in [1.82, 2.24) is 0 Å². The molecule has 0 amide bonds. The predicted octanol–water partition coefficient (Wildman–Crippen LogP) is 0.953. The second-order valence-corrected chi connectivity index (χ2v) is 3.62. The second kappa shape index (κ2) is 4.21. The van der Waals surface area contributed by atoms with Gasteiger partial charge in [-0.25, -0.2) is 0 Å². The van der Waals surface area contributed by atoms with Crippen molar-refractivity contribution in [2.24, 2.45) is 0 Å². The first-order chi connectivity index (χ1) is 5.70. The van der Waals surface area contributed by atoms with Gasteiger partial charge in [-0.3, -0.25) is 0 Å². The molecule has 0 aliphatic carbocycles. The largest absolute Gasteiger partial charge is 0.393 e. The molecule has 1 aliphatic rings. The first-order valence-corrected chi connectivity index (χ1v) is 4.56. The van der Waals surface area contributed by atoms with E-state index in [1.54, 1.807) is 0 Å². The maximum absolute atomic E-state index is 9.08. The molecule has 0 aromatic rings. The van der Waals surface area contributed by atoms with E-state index in [1.165, 1.54) is 0 Å². The van der Waals surface area contributed by atoms with E-state index in [2.05, 4.69) is 6.92 Å². The maximum Gasteiger partial charge on any atom is 0.104 e. The third kappa shape index (κ3) is 3.09. The first-order valence-electron chi connectivity index (χ1n) is 4.56. The molecule has 0 spiro atoms. The molecular weight excluding hydrogens is 156 g/mol. The Labute approximate surface area is 73.7 Å². The number of rotatable bonds is 6. The fraction of sp³-hybridized carbons (Fsp3) is 1.00. The second-order valence-electron chi connectivity index (χ2n) is 3.62. The highest BCUT2D eigenvalue weighted by Crippen LogP contribution is 2.19. The van der Waals surface area contributed by atoms with Gasteiger partial charge in [-0.15, -0.1) is 0 Å². The zero-order chi connectivity index (χ0) is 9.03. The van der Waals surface area contributed by atoms with Gasteiger partial charge in [0.2, 0.25) is 0 Å². The summed E-state index contributed by atoms with van der Waals surface area (Å²) in [5.41, 5.74) is -0.360. The van der Waals surface area contributed by atoms with Crippen LogP contribution in [0.15, 0.2) is 0 Å². The van der Waals surface area contributed by atoms with Gasteiger partial charge >= 0.3 is 0 Å². The molecule has 1 saturated heterocycles. The first kappa shape index (κ1) is 9.96. The minimum Gasteiger partial charge on any atom is -0.393 e. The van der Waals surface area contributed by atoms with Gasteiger partial charge in [-0.2, -0.15) is 0 Å². The highest BCUT2D eigenvalue weighted by molar-refractivity contribution is 4.76. The van der Waals surface area contributed by atoms with E-state index in [0.29, 0.717) is 6.61 Å². The highest BCUT2D eigenvalue weighted by Gasteiger charge is 2.29. The Morgan fingerprint density at radius 3 is 2.75 bits per heavy atom. The summed E-state index contributed by atoms with van der Waals surface area (Å²) >= 11 is 0. The van der Waals surface area contributed by atoms with E-state index in [0.717, 1.165) is 19.4 Å². The third-order valence-corrected chi connectivity index (χ3v) is 2.13. The Kier molecular flexibility index (Phi) is 3.50. The molecule has 2 unspecified atom stereocenters. The summed E-state index contributed by atoms with van der Waals surface area (Å²) < 4.78 is 10.6. The smallest absolute Gasteiger partial charge is 0.104 e. The third-order valence-electron chi connectivity index (χ3n) is 2.13. The van der Waals surface area contributed by atoms with Crippen molar-refractivity contribution in [1.29, 1.82) is 0 Å². The summed E-state index contributed by atoms with van der Waals surface area (Å²) in [7, 11) is 0. The van der Waals surface area contributed by atoms with Crippen molar-refractivity contribution >= 4 is 0 Å². The minimum absolute atomic E-state index is 0.0908. The lowest BCUT2D eigenvalue weighted by atomic mass is 10.0. The standard InChI is InChI=1S/C9H18O3/c1-3-4-9(2,7-10)12-6-8-5-11-8/h8,10H,3-7H2,1-2H3. The van der Waals surface area contributed by atoms with Crippen LogP contribution in [-0.2, 0) is 9.47 Å². The summed E-state index contributed by atoms with van der Waals surface area (Å²) in [5.74, 6) is 0. The van der Waals surface area contributed by atoms with Gasteiger partial charge < -0.3 is 14.6 Å². The normalized spacial score (nSPS) is 26.8. The molecule has 0 saturated carbocycles. The van der Waals surface area contributed by atoms with Crippen molar-refractivity contribution in [3.05, 3.63) is 0 Å². The van der Waals surface area contributed by atoms with Crippen molar-refractivity contribution in [3.63, 3.8) is 0 Å². The Hall–Kier alpha value is -0.120. The molecule has 3 nitrogen and oxygen atoms in total. The van der Waals surface area contributed by atoms with Crippen LogP contribution in [0, 0.1) is 0 Å². The highest BCUT2D eigenvalue weighted by atomic mass is 16.6. The van der Waals surface area contributed by atoms with Crippen molar-refractivity contribution in [2.75, 3.05) is 19.8 Å². The summed E-state index contributed by atoms with van der Waals surface area (Å²) in [4.78, 5) is 0. The Bertz CT molecular complexity index is 134. The molecule has 1 rings (SSSR count). The van der Waals surface area contributed by atoms with Crippen LogP contribution in [-0.4, -0.2) is 36.6 Å². The zero-order valence-corrected chi connectivity index (χ0v) is 7.88. The molecule has 12 heavy (non-hydrogen) atoms. The van der Waals surface area contributed by atoms with Crippen LogP contribution >= 0.6 is 0 Å². The molecule has 1 heterocycles. The maximum atomic E-state index is 9.08. The summed E-state index contributed by atoms with van der Waals surface area (Å²) in [6.07, 6.45) is 2.21. The molecule has 72 valence electrons. The van der Waals surface area contributed by atoms with Gasteiger partial charge in [-0.05, 0) is 13.3 Å². The van der Waals surface area contributed by atoms with Crippen LogP contribution in [0.5, 0.6) is 0 Å². The van der Waals surface area contributed by atoms with Gasteiger partial charge in [0, 0.05) is 0 Å². The molecule has 1 fully saturated rings.